The molecule has 1 atom stereocenters. The quantitative estimate of drug-likeness (QED) is 0.860. The number of methoxy groups -OCH3 is 1. The lowest BCUT2D eigenvalue weighted by Gasteiger charge is -2.15. The zero-order valence-electron chi connectivity index (χ0n) is 10.1. The van der Waals surface area contributed by atoms with E-state index in [1.54, 1.807) is 43.6 Å². The fourth-order valence-electron chi connectivity index (χ4n) is 1.80. The van der Waals surface area contributed by atoms with Gasteiger partial charge in [0.2, 0.25) is 0 Å². The Kier molecular flexibility index (Phi) is 3.92. The van der Waals surface area contributed by atoms with Gasteiger partial charge in [-0.1, -0.05) is 12.1 Å². The zero-order valence-corrected chi connectivity index (χ0v) is 10.1. The minimum absolute atomic E-state index is 0.136. The molecule has 2 aromatic rings. The summed E-state index contributed by atoms with van der Waals surface area (Å²) >= 11 is 0. The van der Waals surface area contributed by atoms with Gasteiger partial charge in [-0.2, -0.15) is 0 Å². The standard InChI is InChI=1S/C14H15NO3/c1-18-11-6-5-10(9-16)12(8-11)14(17)13-4-2-3-7-15-13/h2-8,14,16-17H,9H2,1H3. The van der Waals surface area contributed by atoms with E-state index in [0.29, 0.717) is 22.6 Å². The molecule has 0 spiro atoms. The van der Waals surface area contributed by atoms with Crippen molar-refractivity contribution < 1.29 is 14.9 Å². The maximum absolute atomic E-state index is 10.3. The van der Waals surface area contributed by atoms with Gasteiger partial charge in [-0.05, 0) is 35.4 Å². The van der Waals surface area contributed by atoms with Crippen LogP contribution in [0.15, 0.2) is 42.6 Å². The second kappa shape index (κ2) is 5.62. The molecule has 2 rings (SSSR count). The first kappa shape index (κ1) is 12.5. The summed E-state index contributed by atoms with van der Waals surface area (Å²) in [6.45, 7) is -0.136. The Morgan fingerprint density at radius 2 is 2.11 bits per heavy atom. The van der Waals surface area contributed by atoms with Crippen LogP contribution in [0, 0.1) is 0 Å². The van der Waals surface area contributed by atoms with Gasteiger partial charge in [-0.3, -0.25) is 4.98 Å². The van der Waals surface area contributed by atoms with Gasteiger partial charge in [0, 0.05) is 6.20 Å². The van der Waals surface area contributed by atoms with Crippen LogP contribution in [0.2, 0.25) is 0 Å². The Balaban J connectivity index is 2.42. The third kappa shape index (κ3) is 2.50. The normalized spacial score (nSPS) is 12.2. The van der Waals surface area contributed by atoms with Crippen LogP contribution in [0.1, 0.15) is 22.9 Å². The van der Waals surface area contributed by atoms with E-state index in [9.17, 15) is 10.2 Å². The summed E-state index contributed by atoms with van der Waals surface area (Å²) in [7, 11) is 1.56. The van der Waals surface area contributed by atoms with Crippen LogP contribution in [-0.4, -0.2) is 22.3 Å². The van der Waals surface area contributed by atoms with Gasteiger partial charge in [0.25, 0.3) is 0 Å². The maximum atomic E-state index is 10.3. The van der Waals surface area contributed by atoms with Crippen molar-refractivity contribution in [1.29, 1.82) is 0 Å². The van der Waals surface area contributed by atoms with Crippen molar-refractivity contribution in [2.24, 2.45) is 0 Å². The fraction of sp³-hybridized carbons (Fsp3) is 0.214. The largest absolute Gasteiger partial charge is 0.497 e. The highest BCUT2D eigenvalue weighted by atomic mass is 16.5. The summed E-state index contributed by atoms with van der Waals surface area (Å²) in [6, 6.07) is 10.5. The van der Waals surface area contributed by atoms with Crippen LogP contribution in [0.5, 0.6) is 5.75 Å². The molecule has 0 aliphatic carbocycles. The number of pyridine rings is 1. The molecule has 94 valence electrons. The molecule has 1 aromatic heterocycles. The molecule has 0 aliphatic rings. The van der Waals surface area contributed by atoms with Gasteiger partial charge < -0.3 is 14.9 Å². The second-order valence-corrected chi connectivity index (χ2v) is 3.88. The number of hydrogen-bond donors (Lipinski definition) is 2. The van der Waals surface area contributed by atoms with Gasteiger partial charge >= 0.3 is 0 Å². The molecule has 0 saturated heterocycles. The predicted octanol–water partition coefficient (Wildman–Crippen LogP) is 1.66. The second-order valence-electron chi connectivity index (χ2n) is 3.88. The van der Waals surface area contributed by atoms with Crippen molar-refractivity contribution in [3.05, 3.63) is 59.4 Å². The minimum Gasteiger partial charge on any atom is -0.497 e. The van der Waals surface area contributed by atoms with E-state index < -0.39 is 6.10 Å². The van der Waals surface area contributed by atoms with Gasteiger partial charge in [-0.25, -0.2) is 0 Å². The smallest absolute Gasteiger partial charge is 0.121 e. The van der Waals surface area contributed by atoms with Crippen molar-refractivity contribution >= 4 is 0 Å². The zero-order chi connectivity index (χ0) is 13.0. The van der Waals surface area contributed by atoms with E-state index in [1.165, 1.54) is 0 Å². The highest BCUT2D eigenvalue weighted by Gasteiger charge is 2.16. The lowest BCUT2D eigenvalue weighted by atomic mass is 10.00. The minimum atomic E-state index is -0.872. The third-order valence-electron chi connectivity index (χ3n) is 2.79. The maximum Gasteiger partial charge on any atom is 0.121 e. The van der Waals surface area contributed by atoms with Gasteiger partial charge in [0.15, 0.2) is 0 Å². The Labute approximate surface area is 106 Å². The SMILES string of the molecule is COc1ccc(CO)c(C(O)c2ccccn2)c1. The Morgan fingerprint density at radius 3 is 2.72 bits per heavy atom. The van der Waals surface area contributed by atoms with E-state index in [0.717, 1.165) is 0 Å². The number of benzene rings is 1. The number of aliphatic hydroxyl groups excluding tert-OH is 2. The molecular formula is C14H15NO3. The third-order valence-corrected chi connectivity index (χ3v) is 2.79. The van der Waals surface area contributed by atoms with Crippen LogP contribution in [-0.2, 0) is 6.61 Å². The van der Waals surface area contributed by atoms with Crippen LogP contribution < -0.4 is 4.74 Å². The average Bonchev–Trinajstić information content (AvgIpc) is 2.46. The lowest BCUT2D eigenvalue weighted by Crippen LogP contribution is -2.06. The van der Waals surface area contributed by atoms with Crippen molar-refractivity contribution in [3.8, 4) is 5.75 Å². The molecular weight excluding hydrogens is 230 g/mol. The van der Waals surface area contributed by atoms with E-state index >= 15 is 0 Å². The average molecular weight is 245 g/mol. The monoisotopic (exact) mass is 245 g/mol. The summed E-state index contributed by atoms with van der Waals surface area (Å²) in [6.07, 6.45) is 0.751. The molecule has 18 heavy (non-hydrogen) atoms. The number of rotatable bonds is 4. The number of nitrogens with zero attached hydrogens (tertiary/aromatic N) is 1. The Bertz CT molecular complexity index is 514. The van der Waals surface area contributed by atoms with Crippen LogP contribution >= 0.6 is 0 Å². The molecule has 0 bridgehead atoms. The Hall–Kier alpha value is -1.91. The first-order valence-electron chi connectivity index (χ1n) is 5.63. The van der Waals surface area contributed by atoms with Crippen molar-refractivity contribution in [1.82, 2.24) is 4.98 Å². The lowest BCUT2D eigenvalue weighted by molar-refractivity contribution is 0.208. The number of aromatic nitrogens is 1. The molecule has 1 aromatic carbocycles. The molecule has 2 N–H and O–H groups in total. The van der Waals surface area contributed by atoms with Crippen molar-refractivity contribution in [2.75, 3.05) is 7.11 Å². The predicted molar refractivity (Wildman–Crippen MR) is 67.2 cm³/mol. The summed E-state index contributed by atoms with van der Waals surface area (Å²) in [4.78, 5) is 4.11. The van der Waals surface area contributed by atoms with Gasteiger partial charge in [0.1, 0.15) is 11.9 Å². The first-order chi connectivity index (χ1) is 8.76. The summed E-state index contributed by atoms with van der Waals surface area (Å²) < 4.78 is 5.13. The number of hydrogen-bond acceptors (Lipinski definition) is 4. The number of ether oxygens (including phenoxy) is 1. The van der Waals surface area contributed by atoms with Crippen molar-refractivity contribution in [2.45, 2.75) is 12.7 Å². The molecule has 0 fully saturated rings. The highest BCUT2D eigenvalue weighted by Crippen LogP contribution is 2.27. The summed E-state index contributed by atoms with van der Waals surface area (Å²) in [5, 5.41) is 19.6. The fourth-order valence-corrected chi connectivity index (χ4v) is 1.80. The Morgan fingerprint density at radius 1 is 1.28 bits per heavy atom. The first-order valence-corrected chi connectivity index (χ1v) is 5.63. The topological polar surface area (TPSA) is 62.6 Å². The van der Waals surface area contributed by atoms with Crippen LogP contribution in [0.25, 0.3) is 0 Å². The van der Waals surface area contributed by atoms with Crippen LogP contribution in [0.4, 0.5) is 0 Å². The van der Waals surface area contributed by atoms with E-state index in [1.807, 2.05) is 6.07 Å². The van der Waals surface area contributed by atoms with Crippen LogP contribution in [0.3, 0.4) is 0 Å². The summed E-state index contributed by atoms with van der Waals surface area (Å²) in [5.74, 6) is 0.636. The molecule has 1 unspecified atom stereocenters. The summed E-state index contributed by atoms with van der Waals surface area (Å²) in [5.41, 5.74) is 1.81. The van der Waals surface area contributed by atoms with Gasteiger partial charge in [0.05, 0.1) is 19.4 Å². The molecule has 4 nitrogen and oxygen atoms in total. The molecule has 0 aliphatic heterocycles. The van der Waals surface area contributed by atoms with E-state index in [-0.39, 0.29) is 6.61 Å². The molecule has 0 amide bonds. The van der Waals surface area contributed by atoms with Gasteiger partial charge in [-0.15, -0.1) is 0 Å². The number of aliphatic hydroxyl groups is 2. The van der Waals surface area contributed by atoms with E-state index in [2.05, 4.69) is 4.98 Å². The highest BCUT2D eigenvalue weighted by molar-refractivity contribution is 5.39. The van der Waals surface area contributed by atoms with Crippen molar-refractivity contribution in [3.63, 3.8) is 0 Å². The molecule has 0 saturated carbocycles. The molecule has 0 radical (unpaired) electrons. The molecule has 4 heteroatoms. The van der Waals surface area contributed by atoms with E-state index in [4.69, 9.17) is 4.74 Å². The molecule has 1 heterocycles.